The average molecular weight is 291 g/mol. The molecule has 1 rings (SSSR count). The van der Waals surface area contributed by atoms with Gasteiger partial charge in [-0.1, -0.05) is 0 Å². The summed E-state index contributed by atoms with van der Waals surface area (Å²) in [5, 5.41) is 0. The smallest absolute Gasteiger partial charge is 0.418 e. The van der Waals surface area contributed by atoms with Crippen LogP contribution in [-0.4, -0.2) is 35.5 Å². The van der Waals surface area contributed by atoms with Crippen molar-refractivity contribution in [3.8, 4) is 0 Å². The summed E-state index contributed by atoms with van der Waals surface area (Å²) in [6.07, 6.45) is 4.40. The zero-order valence-electron chi connectivity index (χ0n) is 9.43. The Morgan fingerprint density at radius 1 is 1.39 bits per heavy atom. The molecule has 1 N–H and O–H groups in total. The van der Waals surface area contributed by atoms with Crippen LogP contribution >= 0.6 is 0 Å². The van der Waals surface area contributed by atoms with E-state index in [2.05, 4.69) is 4.98 Å². The lowest BCUT2D eigenvalue weighted by Gasteiger charge is -1.99. The van der Waals surface area contributed by atoms with Gasteiger partial charge in [-0.05, 0) is 6.42 Å². The SMILES string of the molecule is Cn1ccnc1CCCS(=O)(=O)O.F[B-](F)(F)F. The molecule has 1 aromatic heterocycles. The van der Waals surface area contributed by atoms with E-state index >= 15 is 0 Å². The predicted octanol–water partition coefficient (Wildman–Crippen LogP) is 1.54. The molecule has 0 aliphatic heterocycles. The molecule has 0 aromatic carbocycles. The predicted molar refractivity (Wildman–Crippen MR) is 58.1 cm³/mol. The van der Waals surface area contributed by atoms with Gasteiger partial charge in [0, 0.05) is 25.9 Å². The maximum Gasteiger partial charge on any atom is 0.673 e. The standard InChI is InChI=1S/C7H12N2O3S.BF4/c1-9-5-4-8-7(9)3-2-6-13(10,11)12;2-1(3,4)5/h4-5H,2-3,6H2,1H3,(H,10,11,12);/q;-1. The van der Waals surface area contributed by atoms with Crippen LogP contribution in [-0.2, 0) is 23.6 Å². The third-order valence-corrected chi connectivity index (χ3v) is 2.53. The van der Waals surface area contributed by atoms with Crippen LogP contribution in [0.25, 0.3) is 0 Å². The van der Waals surface area contributed by atoms with Crippen molar-refractivity contribution in [1.82, 2.24) is 9.55 Å². The summed E-state index contributed by atoms with van der Waals surface area (Å²) in [7, 11) is -7.98. The monoisotopic (exact) mass is 291 g/mol. The molecule has 0 atom stereocenters. The fourth-order valence-electron chi connectivity index (χ4n) is 1.05. The van der Waals surface area contributed by atoms with Gasteiger partial charge in [-0.25, -0.2) is 4.98 Å². The third-order valence-electron chi connectivity index (χ3n) is 1.72. The highest BCUT2D eigenvalue weighted by Crippen LogP contribution is 2.06. The van der Waals surface area contributed by atoms with Gasteiger partial charge in [-0.3, -0.25) is 4.55 Å². The Balaban J connectivity index is 0.000000494. The molecule has 1 heterocycles. The normalized spacial score (nSPS) is 11.9. The second-order valence-corrected chi connectivity index (χ2v) is 4.91. The van der Waals surface area contributed by atoms with E-state index in [0.717, 1.165) is 5.82 Å². The van der Waals surface area contributed by atoms with Crippen LogP contribution in [0, 0.1) is 0 Å². The first-order valence-electron chi connectivity index (χ1n) is 4.78. The van der Waals surface area contributed by atoms with E-state index in [0.29, 0.717) is 12.8 Å². The van der Waals surface area contributed by atoms with Gasteiger partial charge >= 0.3 is 7.25 Å². The van der Waals surface area contributed by atoms with Crippen molar-refractivity contribution in [2.45, 2.75) is 12.8 Å². The molecule has 0 unspecified atom stereocenters. The Morgan fingerprint density at radius 3 is 2.22 bits per heavy atom. The zero-order valence-corrected chi connectivity index (χ0v) is 10.2. The van der Waals surface area contributed by atoms with Crippen LogP contribution in [0.2, 0.25) is 0 Å². The number of aromatic nitrogens is 2. The van der Waals surface area contributed by atoms with Gasteiger partial charge in [0.2, 0.25) is 0 Å². The topological polar surface area (TPSA) is 72.2 Å². The number of hydrogen-bond acceptors (Lipinski definition) is 3. The van der Waals surface area contributed by atoms with E-state index < -0.39 is 17.4 Å². The molecule has 0 fully saturated rings. The molecule has 0 aliphatic carbocycles. The van der Waals surface area contributed by atoms with Gasteiger partial charge in [0.15, 0.2) is 0 Å². The molecule has 0 bridgehead atoms. The number of rotatable bonds is 4. The number of aryl methyl sites for hydroxylation is 2. The van der Waals surface area contributed by atoms with E-state index in [9.17, 15) is 25.7 Å². The summed E-state index contributed by atoms with van der Waals surface area (Å²) in [4.78, 5) is 4.02. The van der Waals surface area contributed by atoms with Crippen LogP contribution < -0.4 is 0 Å². The molecule has 5 nitrogen and oxygen atoms in total. The Labute approximate surface area is 102 Å². The summed E-state index contributed by atoms with van der Waals surface area (Å²) in [6, 6.07) is 0. The molecule has 0 radical (unpaired) electrons. The van der Waals surface area contributed by atoms with Crippen molar-refractivity contribution in [2.75, 3.05) is 5.75 Å². The molecule has 0 spiro atoms. The highest BCUT2D eigenvalue weighted by molar-refractivity contribution is 7.85. The van der Waals surface area contributed by atoms with E-state index in [1.54, 1.807) is 12.4 Å². The minimum Gasteiger partial charge on any atom is -0.418 e. The number of halogens is 4. The molecular formula is C7H12BF4N2O3S-. The van der Waals surface area contributed by atoms with Crippen LogP contribution in [0.1, 0.15) is 12.2 Å². The largest absolute Gasteiger partial charge is 0.673 e. The minimum atomic E-state index is -6.00. The Hall–Kier alpha value is -1.10. The zero-order chi connectivity index (χ0) is 14.4. The molecular weight excluding hydrogens is 279 g/mol. The van der Waals surface area contributed by atoms with Gasteiger partial charge < -0.3 is 21.8 Å². The Bertz CT molecular complexity index is 454. The van der Waals surface area contributed by atoms with Crippen molar-refractivity contribution in [3.05, 3.63) is 18.2 Å². The van der Waals surface area contributed by atoms with E-state index in [1.165, 1.54) is 0 Å². The maximum atomic E-state index is 10.4. The van der Waals surface area contributed by atoms with Crippen LogP contribution in [0.15, 0.2) is 12.4 Å². The van der Waals surface area contributed by atoms with Crippen LogP contribution in [0.4, 0.5) is 17.3 Å². The summed E-state index contributed by atoms with van der Waals surface area (Å²) in [5.74, 6) is 0.614. The van der Waals surface area contributed by atoms with Crippen molar-refractivity contribution in [3.63, 3.8) is 0 Å². The molecule has 0 aliphatic rings. The maximum absolute atomic E-state index is 10.4. The second kappa shape index (κ2) is 6.73. The highest BCUT2D eigenvalue weighted by Gasteiger charge is 2.20. The average Bonchev–Trinajstić information content (AvgIpc) is 2.46. The first kappa shape index (κ1) is 16.9. The quantitative estimate of drug-likeness (QED) is 0.519. The van der Waals surface area contributed by atoms with Gasteiger partial charge in [0.05, 0.1) is 5.75 Å². The van der Waals surface area contributed by atoms with Crippen molar-refractivity contribution >= 4 is 17.4 Å². The van der Waals surface area contributed by atoms with Crippen molar-refractivity contribution < 1.29 is 30.2 Å². The highest BCUT2D eigenvalue weighted by atomic mass is 32.2. The molecule has 18 heavy (non-hydrogen) atoms. The first-order chi connectivity index (χ1) is 7.99. The molecule has 11 heteroatoms. The number of hydrogen-bond donors (Lipinski definition) is 1. The second-order valence-electron chi connectivity index (χ2n) is 3.34. The fraction of sp³-hybridized carbons (Fsp3) is 0.571. The molecule has 0 amide bonds. The number of nitrogens with zero attached hydrogens (tertiary/aromatic N) is 2. The van der Waals surface area contributed by atoms with E-state index in [1.807, 2.05) is 11.6 Å². The molecule has 0 saturated heterocycles. The minimum absolute atomic E-state index is 0.208. The van der Waals surface area contributed by atoms with E-state index in [4.69, 9.17) is 4.55 Å². The fourth-order valence-corrected chi connectivity index (χ4v) is 1.56. The summed E-state index contributed by atoms with van der Waals surface area (Å²) >= 11 is 0. The van der Waals surface area contributed by atoms with Crippen LogP contribution in [0.3, 0.4) is 0 Å². The lowest BCUT2D eigenvalue weighted by molar-refractivity contribution is 0.368. The molecule has 1 aromatic rings. The summed E-state index contributed by atoms with van der Waals surface area (Å²) in [6.45, 7) is 0. The summed E-state index contributed by atoms with van der Waals surface area (Å²) < 4.78 is 70.0. The van der Waals surface area contributed by atoms with Crippen molar-refractivity contribution in [2.24, 2.45) is 7.05 Å². The third kappa shape index (κ3) is 11.4. The van der Waals surface area contributed by atoms with Crippen LogP contribution in [0.5, 0.6) is 0 Å². The number of imidazole rings is 1. The van der Waals surface area contributed by atoms with Gasteiger partial charge in [-0.2, -0.15) is 8.42 Å². The lowest BCUT2D eigenvalue weighted by atomic mass is 10.3. The van der Waals surface area contributed by atoms with E-state index in [-0.39, 0.29) is 5.75 Å². The summed E-state index contributed by atoms with van der Waals surface area (Å²) in [5.41, 5.74) is 0. The van der Waals surface area contributed by atoms with Crippen molar-refractivity contribution in [1.29, 1.82) is 0 Å². The molecule has 0 saturated carbocycles. The Kier molecular flexibility index (Phi) is 6.33. The van der Waals surface area contributed by atoms with Gasteiger partial charge in [0.1, 0.15) is 5.82 Å². The first-order valence-corrected chi connectivity index (χ1v) is 6.38. The Morgan fingerprint density at radius 2 is 1.89 bits per heavy atom. The lowest BCUT2D eigenvalue weighted by Crippen LogP contribution is -2.06. The van der Waals surface area contributed by atoms with Gasteiger partial charge in [-0.15, -0.1) is 0 Å². The molecule has 106 valence electrons. The van der Waals surface area contributed by atoms with Gasteiger partial charge in [0.25, 0.3) is 10.1 Å².